The van der Waals surface area contributed by atoms with Gasteiger partial charge in [0.25, 0.3) is 0 Å². The van der Waals surface area contributed by atoms with E-state index in [2.05, 4.69) is 10.3 Å². The lowest BCUT2D eigenvalue weighted by molar-refractivity contribution is 0.420. The van der Waals surface area contributed by atoms with Gasteiger partial charge in [0, 0.05) is 6.54 Å². The molecule has 1 aromatic carbocycles. The van der Waals surface area contributed by atoms with Crippen LogP contribution in [0.25, 0.3) is 10.9 Å². The summed E-state index contributed by atoms with van der Waals surface area (Å²) in [5.74, 6) is 0.793. The molecule has 0 saturated carbocycles. The quantitative estimate of drug-likeness (QED) is 0.852. The zero-order valence-corrected chi connectivity index (χ0v) is 10.4. The molecule has 3 N–H and O–H groups in total. The van der Waals surface area contributed by atoms with E-state index < -0.39 is 0 Å². The lowest BCUT2D eigenvalue weighted by atomic mass is 10.1. The Bertz CT molecular complexity index is 552. The highest BCUT2D eigenvalue weighted by Gasteiger charge is 2.12. The Kier molecular flexibility index (Phi) is 3.04. The van der Waals surface area contributed by atoms with Crippen LogP contribution in [-0.4, -0.2) is 18.6 Å². The van der Waals surface area contributed by atoms with Gasteiger partial charge in [0.2, 0.25) is 0 Å². The van der Waals surface area contributed by atoms with Crippen LogP contribution < -0.4 is 15.8 Å². The third kappa shape index (κ3) is 1.86. The summed E-state index contributed by atoms with van der Waals surface area (Å²) in [4.78, 5) is 4.39. The van der Waals surface area contributed by atoms with Crippen LogP contribution in [-0.2, 0) is 0 Å². The van der Waals surface area contributed by atoms with E-state index in [4.69, 9.17) is 10.5 Å². The Hall–Kier alpha value is -1.97. The number of benzene rings is 1. The Labute approximate surface area is 101 Å². The van der Waals surface area contributed by atoms with Crippen molar-refractivity contribution in [2.45, 2.75) is 13.8 Å². The van der Waals surface area contributed by atoms with Gasteiger partial charge in [0.05, 0.1) is 35.6 Å². The number of methoxy groups -OCH3 is 1. The first kappa shape index (κ1) is 11.5. The maximum Gasteiger partial charge on any atom is 0.130 e. The van der Waals surface area contributed by atoms with Gasteiger partial charge in [-0.1, -0.05) is 6.07 Å². The van der Waals surface area contributed by atoms with Crippen molar-refractivity contribution in [1.82, 2.24) is 4.98 Å². The van der Waals surface area contributed by atoms with Crippen molar-refractivity contribution >= 4 is 22.3 Å². The topological polar surface area (TPSA) is 60.2 Å². The molecule has 0 aliphatic carbocycles. The molecule has 0 saturated heterocycles. The summed E-state index contributed by atoms with van der Waals surface area (Å²) < 4.78 is 5.39. The highest BCUT2D eigenvalue weighted by molar-refractivity contribution is 6.02. The molecule has 17 heavy (non-hydrogen) atoms. The molecule has 2 rings (SSSR count). The molecule has 0 bridgehead atoms. The normalized spacial score (nSPS) is 10.5. The molecular weight excluding hydrogens is 214 g/mol. The van der Waals surface area contributed by atoms with E-state index >= 15 is 0 Å². The highest BCUT2D eigenvalue weighted by Crippen LogP contribution is 2.36. The fourth-order valence-electron chi connectivity index (χ4n) is 1.97. The van der Waals surface area contributed by atoms with Crippen LogP contribution in [0.5, 0.6) is 5.75 Å². The van der Waals surface area contributed by atoms with Crippen molar-refractivity contribution in [3.8, 4) is 5.75 Å². The average Bonchev–Trinajstić information content (AvgIpc) is 2.33. The van der Waals surface area contributed by atoms with Gasteiger partial charge < -0.3 is 15.8 Å². The standard InChI is InChI=1S/C13H17N3O/c1-4-15-13-9(14)7-16-12-8(2)5-6-10(17-3)11(12)13/h5-7H,4,14H2,1-3H3,(H,15,16). The Morgan fingerprint density at radius 1 is 1.41 bits per heavy atom. The van der Waals surface area contributed by atoms with E-state index in [0.717, 1.165) is 34.4 Å². The molecule has 0 aliphatic rings. The molecule has 4 heteroatoms. The molecule has 4 nitrogen and oxygen atoms in total. The smallest absolute Gasteiger partial charge is 0.130 e. The number of hydrogen-bond acceptors (Lipinski definition) is 4. The van der Waals surface area contributed by atoms with Crippen molar-refractivity contribution < 1.29 is 4.74 Å². The second-order valence-electron chi connectivity index (χ2n) is 3.93. The molecule has 0 amide bonds. The van der Waals surface area contributed by atoms with Crippen molar-refractivity contribution in [2.24, 2.45) is 0 Å². The van der Waals surface area contributed by atoms with Gasteiger partial charge in [-0.15, -0.1) is 0 Å². The number of aryl methyl sites for hydroxylation is 1. The summed E-state index contributed by atoms with van der Waals surface area (Å²) >= 11 is 0. The number of pyridine rings is 1. The van der Waals surface area contributed by atoms with Gasteiger partial charge >= 0.3 is 0 Å². The van der Waals surface area contributed by atoms with E-state index in [-0.39, 0.29) is 0 Å². The van der Waals surface area contributed by atoms with Crippen LogP contribution in [0.2, 0.25) is 0 Å². The third-order valence-electron chi connectivity index (χ3n) is 2.79. The highest BCUT2D eigenvalue weighted by atomic mass is 16.5. The van der Waals surface area contributed by atoms with Gasteiger partial charge in [-0.2, -0.15) is 0 Å². The first-order valence-electron chi connectivity index (χ1n) is 5.64. The number of rotatable bonds is 3. The van der Waals surface area contributed by atoms with Crippen LogP contribution in [0, 0.1) is 6.92 Å². The van der Waals surface area contributed by atoms with Crippen molar-refractivity contribution in [1.29, 1.82) is 0 Å². The first-order valence-corrected chi connectivity index (χ1v) is 5.64. The zero-order valence-electron chi connectivity index (χ0n) is 10.4. The van der Waals surface area contributed by atoms with Gasteiger partial charge in [0.1, 0.15) is 5.75 Å². The van der Waals surface area contributed by atoms with Gasteiger partial charge in [-0.3, -0.25) is 4.98 Å². The monoisotopic (exact) mass is 231 g/mol. The van der Waals surface area contributed by atoms with Crippen LogP contribution in [0.1, 0.15) is 12.5 Å². The number of hydrogen-bond donors (Lipinski definition) is 2. The Morgan fingerprint density at radius 2 is 2.18 bits per heavy atom. The molecule has 0 fully saturated rings. The van der Waals surface area contributed by atoms with E-state index in [1.165, 1.54) is 0 Å². The van der Waals surface area contributed by atoms with Crippen LogP contribution in [0.15, 0.2) is 18.3 Å². The number of nitrogen functional groups attached to an aromatic ring is 1. The number of nitrogens with zero attached hydrogens (tertiary/aromatic N) is 1. The molecule has 0 atom stereocenters. The SMILES string of the molecule is CCNc1c(N)cnc2c(C)ccc(OC)c12. The Balaban J connectivity index is 2.84. The third-order valence-corrected chi connectivity index (χ3v) is 2.79. The number of fused-ring (bicyclic) bond motifs is 1. The predicted octanol–water partition coefficient (Wildman–Crippen LogP) is 2.57. The van der Waals surface area contributed by atoms with Gasteiger partial charge in [-0.05, 0) is 25.5 Å². The summed E-state index contributed by atoms with van der Waals surface area (Å²) in [7, 11) is 1.66. The van der Waals surface area contributed by atoms with Crippen molar-refractivity contribution in [3.63, 3.8) is 0 Å². The van der Waals surface area contributed by atoms with E-state index in [1.807, 2.05) is 26.0 Å². The summed E-state index contributed by atoms with van der Waals surface area (Å²) in [5, 5.41) is 4.23. The van der Waals surface area contributed by atoms with Crippen molar-refractivity contribution in [2.75, 3.05) is 24.7 Å². The molecule has 0 aliphatic heterocycles. The maximum absolute atomic E-state index is 5.97. The number of ether oxygens (including phenoxy) is 1. The fourth-order valence-corrected chi connectivity index (χ4v) is 1.97. The maximum atomic E-state index is 5.97. The number of anilines is 2. The lowest BCUT2D eigenvalue weighted by Gasteiger charge is -2.14. The predicted molar refractivity (Wildman–Crippen MR) is 71.6 cm³/mol. The fraction of sp³-hybridized carbons (Fsp3) is 0.308. The molecule has 0 radical (unpaired) electrons. The average molecular weight is 231 g/mol. The molecule has 90 valence electrons. The number of aromatic nitrogens is 1. The van der Waals surface area contributed by atoms with Crippen LogP contribution >= 0.6 is 0 Å². The summed E-state index contributed by atoms with van der Waals surface area (Å²) in [6, 6.07) is 3.94. The molecule has 0 unspecified atom stereocenters. The number of nitrogens with one attached hydrogen (secondary N) is 1. The summed E-state index contributed by atoms with van der Waals surface area (Å²) in [6.45, 7) is 4.87. The molecule has 2 aromatic rings. The summed E-state index contributed by atoms with van der Waals surface area (Å²) in [6.07, 6.45) is 1.69. The minimum Gasteiger partial charge on any atom is -0.496 e. The largest absolute Gasteiger partial charge is 0.496 e. The molecule has 1 heterocycles. The Morgan fingerprint density at radius 3 is 2.82 bits per heavy atom. The van der Waals surface area contributed by atoms with Crippen LogP contribution in [0.3, 0.4) is 0 Å². The minimum absolute atomic E-state index is 0.642. The minimum atomic E-state index is 0.642. The number of nitrogens with two attached hydrogens (primary N) is 1. The first-order chi connectivity index (χ1) is 8.19. The van der Waals surface area contributed by atoms with Crippen molar-refractivity contribution in [3.05, 3.63) is 23.9 Å². The zero-order chi connectivity index (χ0) is 12.4. The lowest BCUT2D eigenvalue weighted by Crippen LogP contribution is -2.04. The van der Waals surface area contributed by atoms with E-state index in [9.17, 15) is 0 Å². The van der Waals surface area contributed by atoms with E-state index in [0.29, 0.717) is 5.69 Å². The molecule has 0 spiro atoms. The van der Waals surface area contributed by atoms with Gasteiger partial charge in [0.15, 0.2) is 0 Å². The van der Waals surface area contributed by atoms with Gasteiger partial charge in [-0.25, -0.2) is 0 Å². The second-order valence-corrected chi connectivity index (χ2v) is 3.93. The van der Waals surface area contributed by atoms with E-state index in [1.54, 1.807) is 13.3 Å². The molecular formula is C13H17N3O. The van der Waals surface area contributed by atoms with Crippen LogP contribution in [0.4, 0.5) is 11.4 Å². The second kappa shape index (κ2) is 4.49. The molecule has 1 aromatic heterocycles. The summed E-state index contributed by atoms with van der Waals surface area (Å²) in [5.41, 5.74) is 9.55.